The molecule has 0 saturated carbocycles. The Morgan fingerprint density at radius 1 is 1.26 bits per heavy atom. The smallest absolute Gasteiger partial charge is 0.264 e. The molecule has 0 rings (SSSR count). The second-order valence-electron chi connectivity index (χ2n) is 5.14. The van der Waals surface area contributed by atoms with Crippen LogP contribution in [0.1, 0.15) is 19.8 Å². The lowest BCUT2D eigenvalue weighted by Gasteiger charge is -2.21. The van der Waals surface area contributed by atoms with Gasteiger partial charge < -0.3 is 26.6 Å². The van der Waals surface area contributed by atoms with E-state index in [9.17, 15) is 18.3 Å². The SMILES string of the molecule is CCCNC(=O)C(N)COCC(N)C(O)NCCCS(=O)(=O)O. The third-order valence-corrected chi connectivity index (χ3v) is 3.64. The maximum absolute atomic E-state index is 11.5. The monoisotopic (exact) mass is 356 g/mol. The fourth-order valence-electron chi connectivity index (χ4n) is 1.53. The highest BCUT2D eigenvalue weighted by Crippen LogP contribution is 1.93. The lowest BCUT2D eigenvalue weighted by molar-refractivity contribution is -0.123. The van der Waals surface area contributed by atoms with Gasteiger partial charge >= 0.3 is 0 Å². The first-order chi connectivity index (χ1) is 10.7. The number of aliphatic hydroxyl groups is 1. The van der Waals surface area contributed by atoms with Crippen LogP contribution < -0.4 is 22.1 Å². The summed E-state index contributed by atoms with van der Waals surface area (Å²) in [5.41, 5.74) is 11.3. The van der Waals surface area contributed by atoms with E-state index in [1.54, 1.807) is 0 Å². The highest BCUT2D eigenvalue weighted by atomic mass is 32.2. The third-order valence-electron chi connectivity index (χ3n) is 2.83. The van der Waals surface area contributed by atoms with Gasteiger partial charge in [-0.1, -0.05) is 6.92 Å². The van der Waals surface area contributed by atoms with Crippen molar-refractivity contribution in [3.05, 3.63) is 0 Å². The summed E-state index contributed by atoms with van der Waals surface area (Å²) in [6.45, 7) is 2.57. The maximum Gasteiger partial charge on any atom is 0.264 e. The van der Waals surface area contributed by atoms with Gasteiger partial charge in [-0.2, -0.15) is 8.42 Å². The number of ether oxygens (including phenoxy) is 1. The third kappa shape index (κ3) is 12.3. The second kappa shape index (κ2) is 11.7. The first-order valence-electron chi connectivity index (χ1n) is 7.40. The first kappa shape index (κ1) is 22.2. The topological polar surface area (TPSA) is 177 Å². The van der Waals surface area contributed by atoms with Crippen molar-refractivity contribution in [1.82, 2.24) is 10.6 Å². The van der Waals surface area contributed by atoms with Crippen molar-refractivity contribution in [1.29, 1.82) is 0 Å². The van der Waals surface area contributed by atoms with Gasteiger partial charge in [0.25, 0.3) is 10.1 Å². The number of rotatable bonds is 13. The van der Waals surface area contributed by atoms with Crippen LogP contribution in [0.15, 0.2) is 0 Å². The predicted octanol–water partition coefficient (Wildman–Crippen LogP) is -2.63. The largest absolute Gasteiger partial charge is 0.378 e. The number of nitrogens with two attached hydrogens (primary N) is 2. The van der Waals surface area contributed by atoms with Gasteiger partial charge in [-0.3, -0.25) is 14.7 Å². The minimum Gasteiger partial charge on any atom is -0.378 e. The van der Waals surface area contributed by atoms with Crippen molar-refractivity contribution < 1.29 is 27.6 Å². The zero-order chi connectivity index (χ0) is 17.9. The Labute approximate surface area is 136 Å². The van der Waals surface area contributed by atoms with Gasteiger partial charge in [-0.15, -0.1) is 0 Å². The number of aliphatic hydroxyl groups excluding tert-OH is 1. The minimum absolute atomic E-state index is 0.0266. The van der Waals surface area contributed by atoms with Crippen molar-refractivity contribution in [3.63, 3.8) is 0 Å². The van der Waals surface area contributed by atoms with E-state index in [0.717, 1.165) is 6.42 Å². The molecule has 0 heterocycles. The van der Waals surface area contributed by atoms with E-state index in [2.05, 4.69) is 10.6 Å². The Balaban J connectivity index is 3.83. The van der Waals surface area contributed by atoms with E-state index < -0.39 is 34.2 Å². The van der Waals surface area contributed by atoms with E-state index in [0.29, 0.717) is 6.54 Å². The highest BCUT2D eigenvalue weighted by molar-refractivity contribution is 7.85. The molecular weight excluding hydrogens is 328 g/mol. The standard InChI is InChI=1S/C12H28N4O6S/c1-2-4-15-11(17)9(13)7-22-8-10(14)12(18)16-5-3-6-23(19,20)21/h9-10,12,16,18H,2-8,13-14H2,1H3,(H,15,17)(H,19,20,21). The van der Waals surface area contributed by atoms with Gasteiger partial charge in [0, 0.05) is 6.54 Å². The Bertz CT molecular complexity index is 433. The Kier molecular flexibility index (Phi) is 11.3. The van der Waals surface area contributed by atoms with Crippen molar-refractivity contribution in [2.75, 3.05) is 32.1 Å². The summed E-state index contributed by atoms with van der Waals surface area (Å²) in [6, 6.07) is -1.58. The minimum atomic E-state index is -4.01. The van der Waals surface area contributed by atoms with Crippen molar-refractivity contribution in [2.45, 2.75) is 38.1 Å². The predicted molar refractivity (Wildman–Crippen MR) is 85.1 cm³/mol. The average Bonchev–Trinajstić information content (AvgIpc) is 2.47. The summed E-state index contributed by atoms with van der Waals surface area (Å²) in [6.07, 6.45) is -0.174. The van der Waals surface area contributed by atoms with Crippen LogP contribution >= 0.6 is 0 Å². The van der Waals surface area contributed by atoms with Crippen LogP contribution in [0.4, 0.5) is 0 Å². The van der Waals surface area contributed by atoms with E-state index in [4.69, 9.17) is 20.8 Å². The summed E-state index contributed by atoms with van der Waals surface area (Å²) in [4.78, 5) is 11.5. The lowest BCUT2D eigenvalue weighted by Crippen LogP contribution is -2.49. The number of carbonyl (C=O) groups is 1. The Morgan fingerprint density at radius 2 is 1.91 bits per heavy atom. The number of amides is 1. The summed E-state index contributed by atoms with van der Waals surface area (Å²) in [5, 5.41) is 14.9. The molecule has 0 aromatic heterocycles. The zero-order valence-corrected chi connectivity index (χ0v) is 14.1. The highest BCUT2D eigenvalue weighted by Gasteiger charge is 2.17. The number of carbonyl (C=O) groups excluding carboxylic acids is 1. The van der Waals surface area contributed by atoms with Crippen LogP contribution in [0.5, 0.6) is 0 Å². The number of hydrogen-bond acceptors (Lipinski definition) is 8. The number of hydrogen-bond donors (Lipinski definition) is 6. The van der Waals surface area contributed by atoms with Crippen molar-refractivity contribution >= 4 is 16.0 Å². The molecule has 0 bridgehead atoms. The Morgan fingerprint density at radius 3 is 2.48 bits per heavy atom. The summed E-state index contributed by atoms with van der Waals surface area (Å²) in [7, 11) is -4.01. The molecule has 0 spiro atoms. The zero-order valence-electron chi connectivity index (χ0n) is 13.3. The van der Waals surface area contributed by atoms with E-state index in [1.807, 2.05) is 6.92 Å². The fourth-order valence-corrected chi connectivity index (χ4v) is 2.04. The molecule has 3 unspecified atom stereocenters. The normalized spacial score (nSPS) is 15.9. The molecule has 8 N–H and O–H groups in total. The summed E-state index contributed by atoms with van der Waals surface area (Å²) < 4.78 is 34.8. The second-order valence-corrected chi connectivity index (χ2v) is 6.71. The van der Waals surface area contributed by atoms with E-state index in [-0.39, 0.29) is 32.1 Å². The van der Waals surface area contributed by atoms with Crippen LogP contribution in [-0.4, -0.2) is 74.4 Å². The summed E-state index contributed by atoms with van der Waals surface area (Å²) >= 11 is 0. The molecule has 138 valence electrons. The van der Waals surface area contributed by atoms with Crippen LogP contribution in [0.3, 0.4) is 0 Å². The van der Waals surface area contributed by atoms with E-state index in [1.165, 1.54) is 0 Å². The Hall–Kier alpha value is -0.820. The first-order valence-corrected chi connectivity index (χ1v) is 9.01. The van der Waals surface area contributed by atoms with Gasteiger partial charge in [0.1, 0.15) is 12.3 Å². The molecule has 11 heteroatoms. The average molecular weight is 356 g/mol. The molecule has 0 aliphatic rings. The summed E-state index contributed by atoms with van der Waals surface area (Å²) in [5.74, 6) is -0.718. The maximum atomic E-state index is 11.5. The van der Waals surface area contributed by atoms with Crippen LogP contribution in [0, 0.1) is 0 Å². The molecule has 0 aromatic rings. The molecule has 0 radical (unpaired) electrons. The molecule has 0 aromatic carbocycles. The van der Waals surface area contributed by atoms with Crippen LogP contribution in [0.2, 0.25) is 0 Å². The molecule has 1 amide bonds. The van der Waals surface area contributed by atoms with Gasteiger partial charge in [0.15, 0.2) is 0 Å². The molecule has 23 heavy (non-hydrogen) atoms. The van der Waals surface area contributed by atoms with Gasteiger partial charge in [-0.05, 0) is 19.4 Å². The number of nitrogens with one attached hydrogen (secondary N) is 2. The molecular formula is C12H28N4O6S. The van der Waals surface area contributed by atoms with Crippen molar-refractivity contribution in [2.24, 2.45) is 11.5 Å². The molecule has 0 saturated heterocycles. The van der Waals surface area contributed by atoms with Gasteiger partial charge in [-0.25, -0.2) is 0 Å². The fraction of sp³-hybridized carbons (Fsp3) is 0.917. The van der Waals surface area contributed by atoms with E-state index >= 15 is 0 Å². The lowest BCUT2D eigenvalue weighted by atomic mass is 10.2. The van der Waals surface area contributed by atoms with Crippen LogP contribution in [0.25, 0.3) is 0 Å². The molecule has 0 aliphatic carbocycles. The molecule has 3 atom stereocenters. The molecule has 10 nitrogen and oxygen atoms in total. The van der Waals surface area contributed by atoms with Gasteiger partial charge in [0.2, 0.25) is 5.91 Å². The molecule has 0 aliphatic heterocycles. The van der Waals surface area contributed by atoms with Gasteiger partial charge in [0.05, 0.1) is 25.0 Å². The van der Waals surface area contributed by atoms with Crippen LogP contribution in [-0.2, 0) is 19.6 Å². The van der Waals surface area contributed by atoms with Crippen molar-refractivity contribution in [3.8, 4) is 0 Å². The molecule has 0 fully saturated rings. The quantitative estimate of drug-likeness (QED) is 0.117.